The van der Waals surface area contributed by atoms with Crippen molar-refractivity contribution < 1.29 is 14.3 Å². The number of nitriles is 1. The van der Waals surface area contributed by atoms with Crippen molar-refractivity contribution in [3.05, 3.63) is 57.1 Å². The molecule has 0 bridgehead atoms. The number of nitrogens with zero attached hydrogens (tertiary/aromatic N) is 1. The van der Waals surface area contributed by atoms with E-state index in [9.17, 15) is 10.1 Å². The van der Waals surface area contributed by atoms with Crippen molar-refractivity contribution in [3.8, 4) is 6.07 Å². The second-order valence-corrected chi connectivity index (χ2v) is 5.24. The van der Waals surface area contributed by atoms with Gasteiger partial charge in [0.05, 0.1) is 18.1 Å². The van der Waals surface area contributed by atoms with Gasteiger partial charge in [0.1, 0.15) is 17.9 Å². The lowest BCUT2D eigenvalue weighted by Gasteiger charge is -2.24. The summed E-state index contributed by atoms with van der Waals surface area (Å²) < 4.78 is 10.1. The fraction of sp³-hybridized carbons (Fsp3) is 0.200. The molecule has 0 amide bonds. The topological polar surface area (TPSA) is 85.3 Å². The van der Waals surface area contributed by atoms with Crippen molar-refractivity contribution in [3.63, 3.8) is 0 Å². The molecule has 114 valence electrons. The van der Waals surface area contributed by atoms with Gasteiger partial charge in [-0.15, -0.1) is 0 Å². The molecule has 1 unspecified atom stereocenters. The van der Waals surface area contributed by atoms with E-state index in [0.717, 1.165) is 0 Å². The van der Waals surface area contributed by atoms with E-state index in [2.05, 4.69) is 0 Å². The molecule has 5 nitrogen and oxygen atoms in total. The Morgan fingerprint density at radius 2 is 2.23 bits per heavy atom. The first-order valence-electron chi connectivity index (χ1n) is 6.38. The highest BCUT2D eigenvalue weighted by Crippen LogP contribution is 2.40. The third kappa shape index (κ3) is 3.03. The Hall–Kier alpha value is -2.16. The van der Waals surface area contributed by atoms with E-state index >= 15 is 0 Å². The molecule has 7 heteroatoms. The van der Waals surface area contributed by atoms with Crippen molar-refractivity contribution in [2.45, 2.75) is 12.8 Å². The van der Waals surface area contributed by atoms with Gasteiger partial charge in [-0.25, -0.2) is 4.79 Å². The molecule has 1 aliphatic rings. The van der Waals surface area contributed by atoms with Crippen molar-refractivity contribution in [2.24, 2.45) is 5.73 Å². The maximum Gasteiger partial charge on any atom is 0.338 e. The van der Waals surface area contributed by atoms with Gasteiger partial charge in [-0.3, -0.25) is 0 Å². The number of halogens is 2. The summed E-state index contributed by atoms with van der Waals surface area (Å²) in [4.78, 5) is 12.1. The first-order valence-corrected chi connectivity index (χ1v) is 7.13. The SMILES string of the molecule is CCOC(=O)C1=COC(N)=C(C#N)C1c1ccc(Cl)cc1Cl. The van der Waals surface area contributed by atoms with E-state index in [4.69, 9.17) is 38.4 Å². The normalized spacial score (nSPS) is 17.4. The van der Waals surface area contributed by atoms with Crippen molar-refractivity contribution in [2.75, 3.05) is 6.61 Å². The Balaban J connectivity index is 2.57. The van der Waals surface area contributed by atoms with Gasteiger partial charge in [0.15, 0.2) is 0 Å². The minimum Gasteiger partial charge on any atom is -0.463 e. The average molecular weight is 339 g/mol. The number of allylic oxidation sites excluding steroid dienone is 1. The predicted molar refractivity (Wildman–Crippen MR) is 81.8 cm³/mol. The molecular weight excluding hydrogens is 327 g/mol. The molecule has 0 aliphatic carbocycles. The zero-order valence-corrected chi connectivity index (χ0v) is 13.1. The fourth-order valence-corrected chi connectivity index (χ4v) is 2.63. The first kappa shape index (κ1) is 16.2. The van der Waals surface area contributed by atoms with Gasteiger partial charge < -0.3 is 15.2 Å². The Morgan fingerprint density at radius 3 is 2.82 bits per heavy atom. The lowest BCUT2D eigenvalue weighted by atomic mass is 9.84. The second kappa shape index (κ2) is 6.73. The predicted octanol–water partition coefficient (Wildman–Crippen LogP) is 3.25. The Bertz CT molecular complexity index is 720. The van der Waals surface area contributed by atoms with Gasteiger partial charge >= 0.3 is 5.97 Å². The molecule has 1 aromatic rings. The summed E-state index contributed by atoms with van der Waals surface area (Å²) in [5.41, 5.74) is 6.47. The molecule has 0 aromatic heterocycles. The van der Waals surface area contributed by atoms with E-state index < -0.39 is 11.9 Å². The smallest absolute Gasteiger partial charge is 0.338 e. The molecule has 2 N–H and O–H groups in total. The number of esters is 1. The van der Waals surface area contributed by atoms with Crippen LogP contribution in [0.15, 0.2) is 41.5 Å². The zero-order valence-electron chi connectivity index (χ0n) is 11.6. The van der Waals surface area contributed by atoms with Crippen LogP contribution in [0.4, 0.5) is 0 Å². The Labute approximate surface area is 137 Å². The minimum absolute atomic E-state index is 0.0773. The van der Waals surface area contributed by atoms with Crippen LogP contribution < -0.4 is 5.73 Å². The summed E-state index contributed by atoms with van der Waals surface area (Å²) in [6, 6.07) is 6.74. The summed E-state index contributed by atoms with van der Waals surface area (Å²) in [5, 5.41) is 10.1. The monoisotopic (exact) mass is 338 g/mol. The number of hydrogen-bond acceptors (Lipinski definition) is 5. The summed E-state index contributed by atoms with van der Waals surface area (Å²) in [7, 11) is 0. The second-order valence-electron chi connectivity index (χ2n) is 4.40. The molecule has 0 fully saturated rings. The Morgan fingerprint density at radius 1 is 1.50 bits per heavy atom. The average Bonchev–Trinajstić information content (AvgIpc) is 2.47. The number of hydrogen-bond donors (Lipinski definition) is 1. The summed E-state index contributed by atoms with van der Waals surface area (Å²) in [6.07, 6.45) is 1.18. The third-order valence-electron chi connectivity index (χ3n) is 3.08. The van der Waals surface area contributed by atoms with Gasteiger partial charge in [0.25, 0.3) is 0 Å². The summed E-state index contributed by atoms with van der Waals surface area (Å²) >= 11 is 12.1. The largest absolute Gasteiger partial charge is 0.463 e. The van der Waals surface area contributed by atoms with Gasteiger partial charge in [0, 0.05) is 10.0 Å². The van der Waals surface area contributed by atoms with Crippen LogP contribution >= 0.6 is 23.2 Å². The van der Waals surface area contributed by atoms with Gasteiger partial charge in [-0.1, -0.05) is 29.3 Å². The molecule has 22 heavy (non-hydrogen) atoms. The number of rotatable bonds is 3. The molecule has 2 rings (SSSR count). The van der Waals surface area contributed by atoms with E-state index in [1.165, 1.54) is 12.3 Å². The quantitative estimate of drug-likeness (QED) is 0.855. The summed E-state index contributed by atoms with van der Waals surface area (Å²) in [5.74, 6) is -1.44. The number of benzene rings is 1. The summed E-state index contributed by atoms with van der Waals surface area (Å²) in [6.45, 7) is 1.88. The standard InChI is InChI=1S/C15H12Cl2N2O3/c1-2-21-15(20)11-7-22-14(19)10(6-18)13(11)9-4-3-8(16)5-12(9)17/h3-5,7,13H,2,19H2,1H3. The van der Waals surface area contributed by atoms with E-state index in [-0.39, 0.29) is 23.6 Å². The number of nitrogens with two attached hydrogens (primary N) is 1. The molecule has 1 atom stereocenters. The lowest BCUT2D eigenvalue weighted by Crippen LogP contribution is -2.23. The highest BCUT2D eigenvalue weighted by Gasteiger charge is 2.34. The molecule has 0 spiro atoms. The van der Waals surface area contributed by atoms with Gasteiger partial charge in [-0.2, -0.15) is 5.26 Å². The number of carbonyl (C=O) groups excluding carboxylic acids is 1. The van der Waals surface area contributed by atoms with Crippen LogP contribution in [0.2, 0.25) is 10.0 Å². The van der Waals surface area contributed by atoms with Crippen LogP contribution in [0.3, 0.4) is 0 Å². The molecule has 0 saturated heterocycles. The molecule has 0 radical (unpaired) electrons. The van der Waals surface area contributed by atoms with Gasteiger partial charge in [-0.05, 0) is 24.6 Å². The van der Waals surface area contributed by atoms with Crippen LogP contribution in [0.25, 0.3) is 0 Å². The number of carbonyl (C=O) groups is 1. The third-order valence-corrected chi connectivity index (χ3v) is 3.65. The van der Waals surface area contributed by atoms with E-state index in [1.807, 2.05) is 6.07 Å². The van der Waals surface area contributed by atoms with Crippen LogP contribution in [0.1, 0.15) is 18.4 Å². The first-order chi connectivity index (χ1) is 10.5. The Kier molecular flexibility index (Phi) is 4.96. The molecule has 1 heterocycles. The molecule has 1 aliphatic heterocycles. The zero-order chi connectivity index (χ0) is 16.3. The highest BCUT2D eigenvalue weighted by atomic mass is 35.5. The molecule has 0 saturated carbocycles. The lowest BCUT2D eigenvalue weighted by molar-refractivity contribution is -0.139. The van der Waals surface area contributed by atoms with Crippen molar-refractivity contribution in [1.29, 1.82) is 5.26 Å². The maximum absolute atomic E-state index is 12.1. The molecular formula is C15H12Cl2N2O3. The number of ether oxygens (including phenoxy) is 2. The molecule has 1 aromatic carbocycles. The van der Waals surface area contributed by atoms with Crippen LogP contribution in [0, 0.1) is 11.3 Å². The fourth-order valence-electron chi connectivity index (χ4n) is 2.11. The van der Waals surface area contributed by atoms with Crippen molar-refractivity contribution in [1.82, 2.24) is 0 Å². The maximum atomic E-state index is 12.1. The van der Waals surface area contributed by atoms with Crippen molar-refractivity contribution >= 4 is 29.2 Å². The minimum atomic E-state index is -0.762. The van der Waals surface area contributed by atoms with E-state index in [0.29, 0.717) is 15.6 Å². The van der Waals surface area contributed by atoms with Crippen LogP contribution in [0.5, 0.6) is 0 Å². The highest BCUT2D eigenvalue weighted by molar-refractivity contribution is 6.35. The van der Waals surface area contributed by atoms with Crippen LogP contribution in [-0.2, 0) is 14.3 Å². The van der Waals surface area contributed by atoms with Gasteiger partial charge in [0.2, 0.25) is 5.88 Å². The van der Waals surface area contributed by atoms with Crippen LogP contribution in [-0.4, -0.2) is 12.6 Å². The van der Waals surface area contributed by atoms with E-state index in [1.54, 1.807) is 19.1 Å².